The number of halogens is 2. The molecule has 0 spiro atoms. The molecule has 3 nitrogen and oxygen atoms in total. The summed E-state index contributed by atoms with van der Waals surface area (Å²) >= 11 is 7.90. The highest BCUT2D eigenvalue weighted by Crippen LogP contribution is 2.34. The van der Waals surface area contributed by atoms with Crippen LogP contribution in [0.2, 0.25) is 0 Å². The zero-order chi connectivity index (χ0) is 11.5. The minimum Gasteiger partial charge on any atom is -0.287 e. The molecule has 0 amide bonds. The second-order valence-electron chi connectivity index (χ2n) is 2.98. The van der Waals surface area contributed by atoms with Crippen molar-refractivity contribution < 1.29 is 4.79 Å². The van der Waals surface area contributed by atoms with Gasteiger partial charge in [-0.05, 0) is 11.5 Å². The molecule has 0 aliphatic carbocycles. The molecule has 0 fully saturated rings. The summed E-state index contributed by atoms with van der Waals surface area (Å²) < 4.78 is 3.71. The number of benzene rings is 1. The van der Waals surface area contributed by atoms with Gasteiger partial charge in [-0.15, -0.1) is 5.10 Å². The van der Waals surface area contributed by atoms with Gasteiger partial charge in [-0.25, -0.2) is 0 Å². The summed E-state index contributed by atoms with van der Waals surface area (Å²) in [5.74, 6) is -0.103. The summed E-state index contributed by atoms with van der Waals surface area (Å²) in [6.07, 6.45) is 0. The lowest BCUT2D eigenvalue weighted by molar-refractivity contribution is 0.103. The number of ketones is 1. The standard InChI is InChI=1S/C10H6Br2N2OS/c11-10(12)9-7(13-14-16-9)8(15)6-4-2-1-3-5-6/h1-5,10H. The lowest BCUT2D eigenvalue weighted by Crippen LogP contribution is -2.04. The molecular formula is C10H6Br2N2OS. The van der Waals surface area contributed by atoms with E-state index in [9.17, 15) is 4.79 Å². The van der Waals surface area contributed by atoms with Crippen LogP contribution in [0, 0.1) is 0 Å². The Balaban J connectivity index is 2.39. The maximum absolute atomic E-state index is 12.1. The Morgan fingerprint density at radius 3 is 2.56 bits per heavy atom. The maximum Gasteiger partial charge on any atom is 0.214 e. The third-order valence-electron chi connectivity index (χ3n) is 1.96. The molecule has 82 valence electrons. The highest BCUT2D eigenvalue weighted by atomic mass is 79.9. The van der Waals surface area contributed by atoms with Crippen molar-refractivity contribution in [1.82, 2.24) is 9.59 Å². The highest BCUT2D eigenvalue weighted by molar-refractivity contribution is 9.24. The van der Waals surface area contributed by atoms with Crippen LogP contribution in [0.1, 0.15) is 24.7 Å². The molecule has 0 N–H and O–H groups in total. The number of hydrogen-bond donors (Lipinski definition) is 0. The van der Waals surface area contributed by atoms with Crippen LogP contribution in [0.3, 0.4) is 0 Å². The molecule has 0 bridgehead atoms. The van der Waals surface area contributed by atoms with E-state index in [0.29, 0.717) is 11.3 Å². The van der Waals surface area contributed by atoms with Gasteiger partial charge in [0.25, 0.3) is 0 Å². The smallest absolute Gasteiger partial charge is 0.214 e. The van der Waals surface area contributed by atoms with E-state index in [1.54, 1.807) is 12.1 Å². The van der Waals surface area contributed by atoms with Gasteiger partial charge in [0.05, 0.1) is 4.88 Å². The van der Waals surface area contributed by atoms with Crippen LogP contribution in [0.15, 0.2) is 30.3 Å². The van der Waals surface area contributed by atoms with E-state index >= 15 is 0 Å². The Morgan fingerprint density at radius 1 is 1.25 bits per heavy atom. The van der Waals surface area contributed by atoms with Crippen molar-refractivity contribution >= 4 is 49.2 Å². The zero-order valence-electron chi connectivity index (χ0n) is 7.93. The van der Waals surface area contributed by atoms with Gasteiger partial charge >= 0.3 is 0 Å². The highest BCUT2D eigenvalue weighted by Gasteiger charge is 2.21. The van der Waals surface area contributed by atoms with Gasteiger partial charge in [-0.1, -0.05) is 66.7 Å². The van der Waals surface area contributed by atoms with Crippen molar-refractivity contribution in [1.29, 1.82) is 0 Å². The van der Waals surface area contributed by atoms with Crippen molar-refractivity contribution in [3.63, 3.8) is 0 Å². The largest absolute Gasteiger partial charge is 0.287 e. The summed E-state index contributed by atoms with van der Waals surface area (Å²) in [4.78, 5) is 12.9. The first-order valence-corrected chi connectivity index (χ1v) is 7.00. The zero-order valence-corrected chi connectivity index (χ0v) is 11.9. The number of alkyl halides is 2. The number of carbonyl (C=O) groups excluding carboxylic acids is 1. The van der Waals surface area contributed by atoms with Crippen molar-refractivity contribution in [3.8, 4) is 0 Å². The third-order valence-corrected chi connectivity index (χ3v) is 4.27. The van der Waals surface area contributed by atoms with Gasteiger partial charge in [0.1, 0.15) is 3.74 Å². The molecule has 1 aromatic heterocycles. The van der Waals surface area contributed by atoms with Crippen LogP contribution >= 0.6 is 43.4 Å². The van der Waals surface area contributed by atoms with Crippen LogP contribution in [-0.4, -0.2) is 15.4 Å². The summed E-state index contributed by atoms with van der Waals surface area (Å²) in [6.45, 7) is 0. The third kappa shape index (κ3) is 2.39. The lowest BCUT2D eigenvalue weighted by Gasteiger charge is -2.00. The van der Waals surface area contributed by atoms with Crippen LogP contribution in [0.4, 0.5) is 0 Å². The van der Waals surface area contributed by atoms with Gasteiger partial charge in [0.2, 0.25) is 5.78 Å². The summed E-state index contributed by atoms with van der Waals surface area (Å²) in [5, 5.41) is 3.87. The molecule has 2 aromatic rings. The minimum atomic E-state index is -0.103. The van der Waals surface area contributed by atoms with Gasteiger partial charge < -0.3 is 0 Å². The van der Waals surface area contributed by atoms with Crippen LogP contribution in [0.25, 0.3) is 0 Å². The minimum absolute atomic E-state index is 0.0948. The molecule has 16 heavy (non-hydrogen) atoms. The fourth-order valence-corrected chi connectivity index (χ4v) is 2.67. The van der Waals surface area contributed by atoms with E-state index in [4.69, 9.17) is 0 Å². The predicted octanol–water partition coefficient (Wildman–Crippen LogP) is 3.56. The molecule has 0 aliphatic heterocycles. The first kappa shape index (κ1) is 11.9. The van der Waals surface area contributed by atoms with Crippen molar-refractivity contribution in [2.75, 3.05) is 0 Å². The molecule has 0 atom stereocenters. The molecular weight excluding hydrogens is 356 g/mol. The number of aromatic nitrogens is 2. The van der Waals surface area contributed by atoms with E-state index in [1.165, 1.54) is 11.5 Å². The molecule has 1 heterocycles. The van der Waals surface area contributed by atoms with Crippen LogP contribution in [-0.2, 0) is 0 Å². The molecule has 0 saturated carbocycles. The Bertz CT molecular complexity index is 499. The Hall–Kier alpha value is -0.590. The van der Waals surface area contributed by atoms with Crippen LogP contribution in [0.5, 0.6) is 0 Å². The second kappa shape index (κ2) is 5.16. The second-order valence-corrected chi connectivity index (χ2v) is 6.83. The van der Waals surface area contributed by atoms with E-state index in [0.717, 1.165) is 4.88 Å². The Kier molecular flexibility index (Phi) is 3.83. The first-order chi connectivity index (χ1) is 7.70. The maximum atomic E-state index is 12.1. The van der Waals surface area contributed by atoms with E-state index in [1.807, 2.05) is 18.2 Å². The van der Waals surface area contributed by atoms with E-state index < -0.39 is 0 Å². The lowest BCUT2D eigenvalue weighted by atomic mass is 10.1. The van der Waals surface area contributed by atoms with E-state index in [2.05, 4.69) is 41.4 Å². The fourth-order valence-electron chi connectivity index (χ4n) is 1.22. The van der Waals surface area contributed by atoms with Gasteiger partial charge in [0, 0.05) is 5.56 Å². The number of carbonyl (C=O) groups is 1. The van der Waals surface area contributed by atoms with Crippen molar-refractivity contribution in [2.45, 2.75) is 3.74 Å². The monoisotopic (exact) mass is 360 g/mol. The summed E-state index contributed by atoms with van der Waals surface area (Å²) in [5.41, 5.74) is 1.02. The van der Waals surface area contributed by atoms with Crippen molar-refractivity contribution in [2.24, 2.45) is 0 Å². The van der Waals surface area contributed by atoms with Crippen molar-refractivity contribution in [3.05, 3.63) is 46.5 Å². The normalized spacial score (nSPS) is 10.7. The van der Waals surface area contributed by atoms with Gasteiger partial charge in [-0.2, -0.15) is 0 Å². The van der Waals surface area contributed by atoms with Gasteiger partial charge in [0.15, 0.2) is 5.69 Å². The Labute approximate surface area is 113 Å². The average molecular weight is 362 g/mol. The SMILES string of the molecule is O=C(c1ccccc1)c1nnsc1C(Br)Br. The topological polar surface area (TPSA) is 42.9 Å². The molecule has 6 heteroatoms. The molecule has 0 saturated heterocycles. The fraction of sp³-hybridized carbons (Fsp3) is 0.100. The summed E-state index contributed by atoms with van der Waals surface area (Å²) in [6, 6.07) is 9.06. The predicted molar refractivity (Wildman–Crippen MR) is 70.4 cm³/mol. The molecule has 0 radical (unpaired) electrons. The molecule has 2 rings (SSSR count). The molecule has 0 unspecified atom stereocenters. The van der Waals surface area contributed by atoms with Crippen LogP contribution < -0.4 is 0 Å². The van der Waals surface area contributed by atoms with E-state index in [-0.39, 0.29) is 9.52 Å². The quantitative estimate of drug-likeness (QED) is 0.620. The number of rotatable bonds is 3. The van der Waals surface area contributed by atoms with Gasteiger partial charge in [-0.3, -0.25) is 4.79 Å². The molecule has 1 aromatic carbocycles. The summed E-state index contributed by atoms with van der Waals surface area (Å²) in [7, 11) is 0. The Morgan fingerprint density at radius 2 is 1.94 bits per heavy atom. The number of hydrogen-bond acceptors (Lipinski definition) is 4. The average Bonchev–Trinajstić information content (AvgIpc) is 2.78. The molecule has 0 aliphatic rings. The number of nitrogens with zero attached hydrogens (tertiary/aromatic N) is 2. The first-order valence-electron chi connectivity index (χ1n) is 4.40.